The minimum atomic E-state index is 0.552. The van der Waals surface area contributed by atoms with E-state index in [1.54, 1.807) is 0 Å². The Bertz CT molecular complexity index is 560. The van der Waals surface area contributed by atoms with Gasteiger partial charge in [0, 0.05) is 15.6 Å². The minimum absolute atomic E-state index is 0.552. The number of hydrogen-bond acceptors (Lipinski definition) is 0. The average Bonchev–Trinajstić information content (AvgIpc) is 2.38. The maximum Gasteiger partial charge on any atom is 0.0493 e. The van der Waals surface area contributed by atoms with E-state index in [0.717, 1.165) is 11.1 Å². The van der Waals surface area contributed by atoms with Crippen molar-refractivity contribution in [3.8, 4) is 0 Å². The van der Waals surface area contributed by atoms with E-state index in [-0.39, 0.29) is 0 Å². The minimum Gasteiger partial charge on any atom is -0.0836 e. The van der Waals surface area contributed by atoms with Gasteiger partial charge in [0.25, 0.3) is 0 Å². The van der Waals surface area contributed by atoms with Crippen LogP contribution in [0.4, 0.5) is 0 Å². The van der Waals surface area contributed by atoms with Gasteiger partial charge < -0.3 is 0 Å². The molecule has 0 amide bonds. The summed E-state index contributed by atoms with van der Waals surface area (Å²) in [5.74, 6) is 0.552. The first-order valence-corrected chi connectivity index (χ1v) is 7.05. The number of halogens is 2. The number of hydrogen-bond donors (Lipinski definition) is 0. The molecule has 0 heterocycles. The largest absolute Gasteiger partial charge is 0.0836 e. The molecule has 0 N–H and O–H groups in total. The predicted octanol–water partition coefficient (Wildman–Crippen LogP) is 6.29. The number of rotatable bonds is 3. The maximum atomic E-state index is 6.13. The molecule has 2 rings (SSSR count). The molecule has 0 atom stereocenters. The van der Waals surface area contributed by atoms with Crippen LogP contribution in [0.2, 0.25) is 10.0 Å². The second-order valence-electron chi connectivity index (χ2n) is 4.79. The van der Waals surface area contributed by atoms with Gasteiger partial charge in [0.15, 0.2) is 0 Å². The first kappa shape index (κ1) is 14.2. The topological polar surface area (TPSA) is 0 Å². The molecule has 0 aliphatic carbocycles. The van der Waals surface area contributed by atoms with Crippen LogP contribution in [0.25, 0.3) is 12.2 Å². The highest BCUT2D eigenvalue weighted by Crippen LogP contribution is 2.26. The van der Waals surface area contributed by atoms with Crippen molar-refractivity contribution in [1.82, 2.24) is 0 Å². The summed E-state index contributed by atoms with van der Waals surface area (Å²) in [6.07, 6.45) is 3.98. The molecule has 0 aromatic heterocycles. The highest BCUT2D eigenvalue weighted by Gasteiger charge is 2.01. The molecule has 0 radical (unpaired) electrons. The van der Waals surface area contributed by atoms with Crippen molar-refractivity contribution in [2.75, 3.05) is 0 Å². The highest BCUT2D eigenvalue weighted by atomic mass is 35.5. The Labute approximate surface area is 124 Å². The summed E-state index contributed by atoms with van der Waals surface area (Å²) in [7, 11) is 0. The lowest BCUT2D eigenvalue weighted by Crippen LogP contribution is -1.86. The van der Waals surface area contributed by atoms with Crippen LogP contribution >= 0.6 is 23.2 Å². The molecule has 19 heavy (non-hydrogen) atoms. The second kappa shape index (κ2) is 6.27. The molecule has 0 unspecified atom stereocenters. The first-order valence-electron chi connectivity index (χ1n) is 6.30. The third-order valence-electron chi connectivity index (χ3n) is 3.05. The molecule has 0 aliphatic heterocycles. The maximum absolute atomic E-state index is 6.13. The van der Waals surface area contributed by atoms with Gasteiger partial charge in [-0.2, -0.15) is 0 Å². The summed E-state index contributed by atoms with van der Waals surface area (Å²) in [5, 5.41) is 1.34. The van der Waals surface area contributed by atoms with Crippen LogP contribution in [0, 0.1) is 0 Å². The molecule has 98 valence electrons. The quantitative estimate of drug-likeness (QED) is 0.583. The van der Waals surface area contributed by atoms with Crippen molar-refractivity contribution >= 4 is 35.4 Å². The van der Waals surface area contributed by atoms with Crippen molar-refractivity contribution in [3.05, 3.63) is 69.2 Å². The van der Waals surface area contributed by atoms with Crippen molar-refractivity contribution in [2.45, 2.75) is 19.8 Å². The molecular formula is C17H16Cl2. The third-order valence-corrected chi connectivity index (χ3v) is 3.70. The normalized spacial score (nSPS) is 11.4. The Morgan fingerprint density at radius 3 is 1.95 bits per heavy atom. The molecule has 2 heteroatoms. The van der Waals surface area contributed by atoms with E-state index >= 15 is 0 Å². The summed E-state index contributed by atoms with van der Waals surface area (Å²) < 4.78 is 0. The van der Waals surface area contributed by atoms with E-state index in [2.05, 4.69) is 38.1 Å². The van der Waals surface area contributed by atoms with Gasteiger partial charge in [0.2, 0.25) is 0 Å². The molecule has 0 nitrogen and oxygen atoms in total. The molecule has 2 aromatic carbocycles. The Hall–Kier alpha value is -1.24. The second-order valence-corrected chi connectivity index (χ2v) is 5.60. The van der Waals surface area contributed by atoms with Gasteiger partial charge in [-0.15, -0.1) is 0 Å². The van der Waals surface area contributed by atoms with Gasteiger partial charge >= 0.3 is 0 Å². The summed E-state index contributed by atoms with van der Waals surface area (Å²) >= 11 is 12.3. The highest BCUT2D eigenvalue weighted by molar-refractivity contribution is 6.37. The first-order chi connectivity index (χ1) is 9.08. The molecule has 0 bridgehead atoms. The number of benzene rings is 2. The zero-order valence-electron chi connectivity index (χ0n) is 11.0. The van der Waals surface area contributed by atoms with Crippen LogP contribution in [0.15, 0.2) is 42.5 Å². The third kappa shape index (κ3) is 3.62. The SMILES string of the molecule is CC(C)c1ccc(/C=C/c2c(Cl)cccc2Cl)cc1. The summed E-state index contributed by atoms with van der Waals surface area (Å²) in [4.78, 5) is 0. The Kier molecular flexibility index (Phi) is 4.68. The van der Waals surface area contributed by atoms with Crippen LogP contribution in [0.1, 0.15) is 36.5 Å². The molecule has 0 aliphatic rings. The van der Waals surface area contributed by atoms with E-state index < -0.39 is 0 Å². The summed E-state index contributed by atoms with van der Waals surface area (Å²) in [6.45, 7) is 4.38. The van der Waals surface area contributed by atoms with Crippen molar-refractivity contribution in [2.24, 2.45) is 0 Å². The zero-order valence-corrected chi connectivity index (χ0v) is 12.5. The van der Waals surface area contributed by atoms with E-state index in [0.29, 0.717) is 16.0 Å². The molecule has 0 saturated carbocycles. The van der Waals surface area contributed by atoms with Gasteiger partial charge in [0.1, 0.15) is 0 Å². The predicted molar refractivity (Wildman–Crippen MR) is 85.9 cm³/mol. The molecule has 0 fully saturated rings. The average molecular weight is 291 g/mol. The Morgan fingerprint density at radius 2 is 1.42 bits per heavy atom. The molecular weight excluding hydrogens is 275 g/mol. The fourth-order valence-corrected chi connectivity index (χ4v) is 2.36. The lowest BCUT2D eigenvalue weighted by Gasteiger charge is -2.05. The Balaban J connectivity index is 2.23. The van der Waals surface area contributed by atoms with Crippen LogP contribution in [0.5, 0.6) is 0 Å². The van der Waals surface area contributed by atoms with Crippen LogP contribution in [-0.2, 0) is 0 Å². The Morgan fingerprint density at radius 1 is 0.842 bits per heavy atom. The van der Waals surface area contributed by atoms with Crippen LogP contribution in [0.3, 0.4) is 0 Å². The monoisotopic (exact) mass is 290 g/mol. The lowest BCUT2D eigenvalue weighted by atomic mass is 10.0. The van der Waals surface area contributed by atoms with Crippen LogP contribution < -0.4 is 0 Å². The molecule has 0 spiro atoms. The smallest absolute Gasteiger partial charge is 0.0493 e. The van der Waals surface area contributed by atoms with Crippen molar-refractivity contribution in [1.29, 1.82) is 0 Å². The van der Waals surface area contributed by atoms with E-state index in [1.807, 2.05) is 30.4 Å². The van der Waals surface area contributed by atoms with Crippen molar-refractivity contribution in [3.63, 3.8) is 0 Å². The van der Waals surface area contributed by atoms with Crippen molar-refractivity contribution < 1.29 is 0 Å². The standard InChI is InChI=1S/C17H16Cl2/c1-12(2)14-9-6-13(7-10-14)8-11-15-16(18)4-3-5-17(15)19/h3-12H,1-2H3/b11-8+. The fourth-order valence-electron chi connectivity index (χ4n) is 1.84. The van der Waals surface area contributed by atoms with E-state index in [9.17, 15) is 0 Å². The van der Waals surface area contributed by atoms with E-state index in [4.69, 9.17) is 23.2 Å². The van der Waals surface area contributed by atoms with Gasteiger partial charge in [-0.25, -0.2) is 0 Å². The fraction of sp³-hybridized carbons (Fsp3) is 0.176. The van der Waals surface area contributed by atoms with E-state index in [1.165, 1.54) is 5.56 Å². The van der Waals surface area contributed by atoms with Crippen LogP contribution in [-0.4, -0.2) is 0 Å². The van der Waals surface area contributed by atoms with Gasteiger partial charge in [-0.3, -0.25) is 0 Å². The summed E-state index contributed by atoms with van der Waals surface area (Å²) in [5.41, 5.74) is 3.34. The van der Waals surface area contributed by atoms with Gasteiger partial charge in [-0.05, 0) is 29.2 Å². The zero-order chi connectivity index (χ0) is 13.8. The lowest BCUT2D eigenvalue weighted by molar-refractivity contribution is 0.866. The summed E-state index contributed by atoms with van der Waals surface area (Å²) in [6, 6.07) is 14.0. The molecule has 2 aromatic rings. The molecule has 0 saturated heterocycles. The van der Waals surface area contributed by atoms with Gasteiger partial charge in [0.05, 0.1) is 0 Å². The van der Waals surface area contributed by atoms with Gasteiger partial charge in [-0.1, -0.05) is 79.5 Å².